The number of alkyl halides is 1. The lowest BCUT2D eigenvalue weighted by Gasteiger charge is -2.11. The number of nitrogens with zero attached hydrogens (tertiary/aromatic N) is 2. The lowest BCUT2D eigenvalue weighted by Crippen LogP contribution is -2.05. The summed E-state index contributed by atoms with van der Waals surface area (Å²) in [5.74, 6) is 1.36. The zero-order chi connectivity index (χ0) is 14.1. The first-order chi connectivity index (χ1) is 9.70. The lowest BCUT2D eigenvalue weighted by atomic mass is 10.1. The highest BCUT2D eigenvalue weighted by Crippen LogP contribution is 2.23. The molecule has 102 valence electrons. The van der Waals surface area contributed by atoms with Gasteiger partial charge in [-0.2, -0.15) is 0 Å². The molecular weight excluding hydrogens is 268 g/mol. The van der Waals surface area contributed by atoms with Gasteiger partial charge in [0.2, 0.25) is 0 Å². The standard InChI is InChI=1S/C17H17ClN2/c1-12-6-3-4-8-14(12)11-20-16(10-18)19-15-9-5-7-13(2)17(15)20/h3-9H,10-11H2,1-2H3. The number of aromatic nitrogens is 2. The summed E-state index contributed by atoms with van der Waals surface area (Å²) in [5.41, 5.74) is 6.05. The number of aryl methyl sites for hydroxylation is 2. The van der Waals surface area contributed by atoms with Crippen molar-refractivity contribution in [3.05, 3.63) is 65.0 Å². The molecule has 0 bridgehead atoms. The summed E-state index contributed by atoms with van der Waals surface area (Å²) in [7, 11) is 0. The normalized spacial score (nSPS) is 11.2. The largest absolute Gasteiger partial charge is 0.322 e. The Balaban J connectivity index is 2.17. The van der Waals surface area contributed by atoms with Gasteiger partial charge in [0.05, 0.1) is 16.9 Å². The van der Waals surface area contributed by atoms with Crippen LogP contribution in [-0.4, -0.2) is 9.55 Å². The molecule has 1 heterocycles. The number of halogens is 1. The number of para-hydroxylation sites is 1. The fourth-order valence-electron chi connectivity index (χ4n) is 2.64. The van der Waals surface area contributed by atoms with Gasteiger partial charge < -0.3 is 4.57 Å². The van der Waals surface area contributed by atoms with Gasteiger partial charge >= 0.3 is 0 Å². The molecule has 3 rings (SSSR count). The molecule has 0 atom stereocenters. The summed E-state index contributed by atoms with van der Waals surface area (Å²) in [6, 6.07) is 14.7. The van der Waals surface area contributed by atoms with Crippen LogP contribution in [0.2, 0.25) is 0 Å². The average molecular weight is 285 g/mol. The second-order valence-corrected chi connectivity index (χ2v) is 5.38. The molecule has 3 aromatic rings. The molecule has 2 aromatic carbocycles. The monoisotopic (exact) mass is 284 g/mol. The molecule has 0 fully saturated rings. The Morgan fingerprint density at radius 2 is 1.75 bits per heavy atom. The molecular formula is C17H17ClN2. The highest BCUT2D eigenvalue weighted by molar-refractivity contribution is 6.16. The molecule has 1 aromatic heterocycles. The number of rotatable bonds is 3. The fourth-order valence-corrected chi connectivity index (χ4v) is 2.85. The molecule has 0 aliphatic heterocycles. The Kier molecular flexibility index (Phi) is 3.49. The van der Waals surface area contributed by atoms with Crippen LogP contribution in [-0.2, 0) is 12.4 Å². The van der Waals surface area contributed by atoms with Crippen molar-refractivity contribution in [3.63, 3.8) is 0 Å². The van der Waals surface area contributed by atoms with E-state index >= 15 is 0 Å². The average Bonchev–Trinajstić information content (AvgIpc) is 2.81. The van der Waals surface area contributed by atoms with Crippen LogP contribution in [0, 0.1) is 13.8 Å². The summed E-state index contributed by atoms with van der Waals surface area (Å²) in [6.45, 7) is 5.08. The second kappa shape index (κ2) is 5.29. The van der Waals surface area contributed by atoms with Gasteiger partial charge in [-0.15, -0.1) is 11.6 Å². The van der Waals surface area contributed by atoms with Gasteiger partial charge in [0.1, 0.15) is 5.82 Å². The number of fused-ring (bicyclic) bond motifs is 1. The third-order valence-electron chi connectivity index (χ3n) is 3.76. The van der Waals surface area contributed by atoms with Crippen LogP contribution in [0.4, 0.5) is 0 Å². The Morgan fingerprint density at radius 1 is 1.00 bits per heavy atom. The maximum Gasteiger partial charge on any atom is 0.125 e. The second-order valence-electron chi connectivity index (χ2n) is 5.12. The van der Waals surface area contributed by atoms with E-state index in [2.05, 4.69) is 53.7 Å². The van der Waals surface area contributed by atoms with E-state index in [4.69, 9.17) is 11.6 Å². The molecule has 0 saturated carbocycles. The van der Waals surface area contributed by atoms with Crippen molar-refractivity contribution in [2.75, 3.05) is 0 Å². The third-order valence-corrected chi connectivity index (χ3v) is 4.00. The number of imidazole rings is 1. The van der Waals surface area contributed by atoms with E-state index in [9.17, 15) is 0 Å². The van der Waals surface area contributed by atoms with Gasteiger partial charge in [0, 0.05) is 6.54 Å². The van der Waals surface area contributed by atoms with Crippen LogP contribution in [0.5, 0.6) is 0 Å². The first-order valence-electron chi connectivity index (χ1n) is 6.76. The maximum absolute atomic E-state index is 6.08. The van der Waals surface area contributed by atoms with Crippen molar-refractivity contribution < 1.29 is 0 Å². The van der Waals surface area contributed by atoms with Crippen LogP contribution in [0.15, 0.2) is 42.5 Å². The van der Waals surface area contributed by atoms with Crippen LogP contribution in [0.3, 0.4) is 0 Å². The molecule has 0 unspecified atom stereocenters. The van der Waals surface area contributed by atoms with Gasteiger partial charge in [0.25, 0.3) is 0 Å². The molecule has 2 nitrogen and oxygen atoms in total. The molecule has 0 aliphatic carbocycles. The van der Waals surface area contributed by atoms with E-state index in [0.29, 0.717) is 5.88 Å². The lowest BCUT2D eigenvalue weighted by molar-refractivity contribution is 0.773. The first-order valence-corrected chi connectivity index (χ1v) is 7.29. The van der Waals surface area contributed by atoms with Crippen molar-refractivity contribution in [1.82, 2.24) is 9.55 Å². The number of hydrogen-bond acceptors (Lipinski definition) is 1. The maximum atomic E-state index is 6.08. The minimum absolute atomic E-state index is 0.431. The Morgan fingerprint density at radius 3 is 2.50 bits per heavy atom. The molecule has 20 heavy (non-hydrogen) atoms. The third kappa shape index (κ3) is 2.20. The minimum Gasteiger partial charge on any atom is -0.322 e. The number of hydrogen-bond donors (Lipinski definition) is 0. The van der Waals surface area contributed by atoms with E-state index in [0.717, 1.165) is 17.9 Å². The van der Waals surface area contributed by atoms with E-state index in [1.54, 1.807) is 0 Å². The van der Waals surface area contributed by atoms with Crippen molar-refractivity contribution in [2.24, 2.45) is 0 Å². The zero-order valence-corrected chi connectivity index (χ0v) is 12.5. The Labute approximate surface area is 124 Å². The molecule has 0 N–H and O–H groups in total. The minimum atomic E-state index is 0.431. The topological polar surface area (TPSA) is 17.8 Å². The molecule has 3 heteroatoms. The first kappa shape index (κ1) is 13.2. The van der Waals surface area contributed by atoms with Gasteiger partial charge in [-0.05, 0) is 36.6 Å². The molecule has 0 spiro atoms. The Bertz CT molecular complexity index is 759. The van der Waals surface area contributed by atoms with Gasteiger partial charge in [-0.1, -0.05) is 36.4 Å². The van der Waals surface area contributed by atoms with Crippen molar-refractivity contribution >= 4 is 22.6 Å². The zero-order valence-electron chi connectivity index (χ0n) is 11.7. The van der Waals surface area contributed by atoms with Crippen LogP contribution >= 0.6 is 11.6 Å². The summed E-state index contributed by atoms with van der Waals surface area (Å²) in [5, 5.41) is 0. The van der Waals surface area contributed by atoms with Crippen molar-refractivity contribution in [1.29, 1.82) is 0 Å². The smallest absolute Gasteiger partial charge is 0.125 e. The highest BCUT2D eigenvalue weighted by Gasteiger charge is 2.12. The highest BCUT2D eigenvalue weighted by atomic mass is 35.5. The fraction of sp³-hybridized carbons (Fsp3) is 0.235. The van der Waals surface area contributed by atoms with E-state index in [-0.39, 0.29) is 0 Å². The molecule has 0 radical (unpaired) electrons. The predicted octanol–water partition coefficient (Wildman–Crippen LogP) is 4.44. The van der Waals surface area contributed by atoms with E-state index in [1.165, 1.54) is 22.2 Å². The van der Waals surface area contributed by atoms with Gasteiger partial charge in [-0.25, -0.2) is 4.98 Å². The van der Waals surface area contributed by atoms with Crippen LogP contribution in [0.25, 0.3) is 11.0 Å². The van der Waals surface area contributed by atoms with Crippen molar-refractivity contribution in [2.45, 2.75) is 26.3 Å². The SMILES string of the molecule is Cc1ccccc1Cn1c(CCl)nc2cccc(C)c21. The van der Waals surface area contributed by atoms with Gasteiger partial charge in [-0.3, -0.25) is 0 Å². The quantitative estimate of drug-likeness (QED) is 0.650. The van der Waals surface area contributed by atoms with E-state index < -0.39 is 0 Å². The molecule has 0 aliphatic rings. The summed E-state index contributed by atoms with van der Waals surface area (Å²) in [4.78, 5) is 4.65. The van der Waals surface area contributed by atoms with Crippen LogP contribution < -0.4 is 0 Å². The predicted molar refractivity (Wildman–Crippen MR) is 84.3 cm³/mol. The van der Waals surface area contributed by atoms with E-state index in [1.807, 2.05) is 12.1 Å². The Hall–Kier alpha value is -1.80. The molecule has 0 saturated heterocycles. The number of benzene rings is 2. The summed E-state index contributed by atoms with van der Waals surface area (Å²) in [6.07, 6.45) is 0. The summed E-state index contributed by atoms with van der Waals surface area (Å²) < 4.78 is 2.24. The summed E-state index contributed by atoms with van der Waals surface area (Å²) >= 11 is 6.08. The van der Waals surface area contributed by atoms with Crippen molar-refractivity contribution in [3.8, 4) is 0 Å². The molecule has 0 amide bonds. The van der Waals surface area contributed by atoms with Crippen LogP contribution in [0.1, 0.15) is 22.5 Å². The van der Waals surface area contributed by atoms with Gasteiger partial charge in [0.15, 0.2) is 0 Å².